The van der Waals surface area contributed by atoms with E-state index in [1.54, 1.807) is 18.2 Å². The standard InChI is InChI=1S/C24H25BrN2O4S/c1-16-5-7-20(8-6-16)27(15-24(28)26-19-12-17(2)11-18(3)13-19)32(29,30)21-9-10-23(31-4)22(25)14-21/h5-14H,15H2,1-4H3,(H,26,28). The van der Waals surface area contributed by atoms with Gasteiger partial charge in [-0.05, 0) is 90.3 Å². The number of carbonyl (C=O) groups excluding carboxylic acids is 1. The zero-order chi connectivity index (χ0) is 23.5. The second-order valence-electron chi connectivity index (χ2n) is 7.57. The van der Waals surface area contributed by atoms with E-state index in [4.69, 9.17) is 4.74 Å². The number of anilines is 2. The van der Waals surface area contributed by atoms with Crippen LogP contribution in [0.3, 0.4) is 0 Å². The second-order valence-corrected chi connectivity index (χ2v) is 10.3. The maximum Gasteiger partial charge on any atom is 0.264 e. The average Bonchev–Trinajstić information content (AvgIpc) is 2.72. The lowest BCUT2D eigenvalue weighted by molar-refractivity contribution is -0.114. The Morgan fingerprint density at radius 1 is 0.938 bits per heavy atom. The highest BCUT2D eigenvalue weighted by Crippen LogP contribution is 2.31. The lowest BCUT2D eigenvalue weighted by atomic mass is 10.1. The molecule has 1 amide bonds. The quantitative estimate of drug-likeness (QED) is 0.467. The van der Waals surface area contributed by atoms with Gasteiger partial charge in [-0.1, -0.05) is 23.8 Å². The number of ether oxygens (including phenoxy) is 1. The molecule has 168 valence electrons. The zero-order valence-corrected chi connectivity index (χ0v) is 20.7. The molecule has 0 unspecified atom stereocenters. The van der Waals surface area contributed by atoms with Crippen molar-refractivity contribution in [2.24, 2.45) is 0 Å². The summed E-state index contributed by atoms with van der Waals surface area (Å²) in [6, 6.07) is 17.2. The molecule has 0 heterocycles. The summed E-state index contributed by atoms with van der Waals surface area (Å²) in [5, 5.41) is 2.81. The van der Waals surface area contributed by atoms with Gasteiger partial charge in [-0.2, -0.15) is 0 Å². The molecule has 0 aromatic heterocycles. The molecule has 0 spiro atoms. The number of carbonyl (C=O) groups is 1. The monoisotopic (exact) mass is 516 g/mol. The van der Waals surface area contributed by atoms with Crippen molar-refractivity contribution >= 4 is 43.2 Å². The van der Waals surface area contributed by atoms with Gasteiger partial charge in [-0.15, -0.1) is 0 Å². The fourth-order valence-electron chi connectivity index (χ4n) is 3.34. The summed E-state index contributed by atoms with van der Waals surface area (Å²) in [4.78, 5) is 12.9. The van der Waals surface area contributed by atoms with Gasteiger partial charge in [0.25, 0.3) is 10.0 Å². The minimum absolute atomic E-state index is 0.0463. The molecular weight excluding hydrogens is 492 g/mol. The highest BCUT2D eigenvalue weighted by atomic mass is 79.9. The Bertz CT molecular complexity index is 1220. The smallest absolute Gasteiger partial charge is 0.264 e. The van der Waals surface area contributed by atoms with Gasteiger partial charge in [0.15, 0.2) is 0 Å². The Hall–Kier alpha value is -2.84. The molecule has 0 saturated carbocycles. The molecule has 0 saturated heterocycles. The summed E-state index contributed by atoms with van der Waals surface area (Å²) in [5.41, 5.74) is 4.02. The number of halogens is 1. The molecule has 0 aliphatic carbocycles. The summed E-state index contributed by atoms with van der Waals surface area (Å²) in [6.07, 6.45) is 0. The van der Waals surface area contributed by atoms with Gasteiger partial charge in [0.2, 0.25) is 5.91 Å². The third-order valence-electron chi connectivity index (χ3n) is 4.83. The van der Waals surface area contributed by atoms with E-state index < -0.39 is 15.9 Å². The van der Waals surface area contributed by atoms with Gasteiger partial charge in [0.05, 0.1) is 22.2 Å². The number of nitrogens with zero attached hydrogens (tertiary/aromatic N) is 1. The van der Waals surface area contributed by atoms with Crippen LogP contribution in [0.15, 0.2) is 70.0 Å². The molecule has 8 heteroatoms. The van der Waals surface area contributed by atoms with Crippen molar-refractivity contribution < 1.29 is 17.9 Å². The number of amides is 1. The first-order chi connectivity index (χ1) is 15.1. The first-order valence-electron chi connectivity index (χ1n) is 9.91. The van der Waals surface area contributed by atoms with Gasteiger partial charge in [0, 0.05) is 5.69 Å². The van der Waals surface area contributed by atoms with E-state index in [1.165, 1.54) is 19.2 Å². The van der Waals surface area contributed by atoms with E-state index in [1.807, 2.05) is 51.1 Å². The number of nitrogens with one attached hydrogen (secondary N) is 1. The fraction of sp³-hybridized carbons (Fsp3) is 0.208. The Morgan fingerprint density at radius 2 is 1.56 bits per heavy atom. The molecule has 1 N–H and O–H groups in total. The van der Waals surface area contributed by atoms with Gasteiger partial charge >= 0.3 is 0 Å². The molecule has 0 aliphatic rings. The lowest BCUT2D eigenvalue weighted by Crippen LogP contribution is -2.38. The third-order valence-corrected chi connectivity index (χ3v) is 7.22. The molecule has 0 atom stereocenters. The molecule has 3 aromatic carbocycles. The Labute approximate surface area is 197 Å². The van der Waals surface area contributed by atoms with Crippen LogP contribution >= 0.6 is 15.9 Å². The number of hydrogen-bond acceptors (Lipinski definition) is 4. The predicted octanol–water partition coefficient (Wildman–Crippen LogP) is 5.22. The number of methoxy groups -OCH3 is 1. The number of sulfonamides is 1. The van der Waals surface area contributed by atoms with E-state index in [2.05, 4.69) is 21.2 Å². The van der Waals surface area contributed by atoms with E-state index in [0.717, 1.165) is 21.0 Å². The van der Waals surface area contributed by atoms with Crippen LogP contribution in [0.25, 0.3) is 0 Å². The maximum absolute atomic E-state index is 13.6. The van der Waals surface area contributed by atoms with Crippen LogP contribution in [0, 0.1) is 20.8 Å². The lowest BCUT2D eigenvalue weighted by Gasteiger charge is -2.24. The van der Waals surface area contributed by atoms with Crippen molar-refractivity contribution in [2.45, 2.75) is 25.7 Å². The molecular formula is C24H25BrN2O4S. The number of rotatable bonds is 7. The van der Waals surface area contributed by atoms with Gasteiger partial charge < -0.3 is 10.1 Å². The predicted molar refractivity (Wildman–Crippen MR) is 131 cm³/mol. The molecule has 0 bridgehead atoms. The fourth-order valence-corrected chi connectivity index (χ4v) is 5.48. The van der Waals surface area contributed by atoms with E-state index in [9.17, 15) is 13.2 Å². The molecule has 3 aromatic rings. The maximum atomic E-state index is 13.6. The molecule has 6 nitrogen and oxygen atoms in total. The van der Waals surface area contributed by atoms with Crippen molar-refractivity contribution in [3.63, 3.8) is 0 Å². The van der Waals surface area contributed by atoms with E-state index in [-0.39, 0.29) is 11.4 Å². The molecule has 0 aliphatic heterocycles. The van der Waals surface area contributed by atoms with Gasteiger partial charge in [-0.3, -0.25) is 9.10 Å². The van der Waals surface area contributed by atoms with Crippen LogP contribution in [0.1, 0.15) is 16.7 Å². The Morgan fingerprint density at radius 3 is 2.12 bits per heavy atom. The van der Waals surface area contributed by atoms with Crippen LogP contribution in [0.2, 0.25) is 0 Å². The largest absolute Gasteiger partial charge is 0.496 e. The number of aryl methyl sites for hydroxylation is 3. The minimum Gasteiger partial charge on any atom is -0.496 e. The zero-order valence-electron chi connectivity index (χ0n) is 18.3. The molecule has 0 fully saturated rings. The highest BCUT2D eigenvalue weighted by molar-refractivity contribution is 9.10. The Balaban J connectivity index is 1.97. The van der Waals surface area contributed by atoms with E-state index in [0.29, 0.717) is 21.6 Å². The normalized spacial score (nSPS) is 11.2. The number of benzene rings is 3. The summed E-state index contributed by atoms with van der Waals surface area (Å²) < 4.78 is 33.9. The van der Waals surface area contributed by atoms with Gasteiger partial charge in [-0.25, -0.2) is 8.42 Å². The minimum atomic E-state index is -4.03. The van der Waals surface area contributed by atoms with Crippen LogP contribution in [0.4, 0.5) is 11.4 Å². The average molecular weight is 517 g/mol. The van der Waals surface area contributed by atoms with Crippen LogP contribution in [-0.4, -0.2) is 28.0 Å². The Kier molecular flexibility index (Phi) is 7.26. The summed E-state index contributed by atoms with van der Waals surface area (Å²) >= 11 is 3.34. The van der Waals surface area contributed by atoms with Crippen molar-refractivity contribution in [3.05, 3.63) is 81.8 Å². The SMILES string of the molecule is COc1ccc(S(=O)(=O)N(CC(=O)Nc2cc(C)cc(C)c2)c2ccc(C)cc2)cc1Br. The first-order valence-corrected chi connectivity index (χ1v) is 12.1. The van der Waals surface area contributed by atoms with E-state index >= 15 is 0 Å². The molecule has 3 rings (SSSR count). The number of hydrogen-bond donors (Lipinski definition) is 1. The van der Waals surface area contributed by atoms with Crippen molar-refractivity contribution in [1.29, 1.82) is 0 Å². The summed E-state index contributed by atoms with van der Waals surface area (Å²) in [6.45, 7) is 5.42. The van der Waals surface area contributed by atoms with Crippen molar-refractivity contribution in [3.8, 4) is 5.75 Å². The van der Waals surface area contributed by atoms with Gasteiger partial charge in [0.1, 0.15) is 12.3 Å². The summed E-state index contributed by atoms with van der Waals surface area (Å²) in [7, 11) is -2.53. The topological polar surface area (TPSA) is 75.7 Å². The van der Waals surface area contributed by atoms with Crippen molar-refractivity contribution in [2.75, 3.05) is 23.3 Å². The second kappa shape index (κ2) is 9.75. The van der Waals surface area contributed by atoms with Crippen LogP contribution in [-0.2, 0) is 14.8 Å². The molecule has 0 radical (unpaired) electrons. The van der Waals surface area contributed by atoms with Crippen molar-refractivity contribution in [1.82, 2.24) is 0 Å². The highest BCUT2D eigenvalue weighted by Gasteiger charge is 2.28. The van der Waals surface area contributed by atoms with Crippen LogP contribution in [0.5, 0.6) is 5.75 Å². The molecule has 32 heavy (non-hydrogen) atoms. The summed E-state index contributed by atoms with van der Waals surface area (Å²) in [5.74, 6) is 0.0742. The third kappa shape index (κ3) is 5.49. The first kappa shape index (κ1) is 23.8. The van der Waals surface area contributed by atoms with Crippen LogP contribution < -0.4 is 14.4 Å².